The number of fused-ring (bicyclic) bond motifs is 2. The van der Waals surface area contributed by atoms with Crippen molar-refractivity contribution < 1.29 is 23.8 Å². The van der Waals surface area contributed by atoms with Crippen LogP contribution in [0.4, 0.5) is 14.6 Å². The van der Waals surface area contributed by atoms with E-state index in [0.29, 0.717) is 23.7 Å². The fourth-order valence-corrected chi connectivity index (χ4v) is 5.99. The van der Waals surface area contributed by atoms with Crippen LogP contribution in [0.1, 0.15) is 29.6 Å². The second kappa shape index (κ2) is 8.50. The lowest BCUT2D eigenvalue weighted by Gasteiger charge is -2.25. The Kier molecular flexibility index (Phi) is 5.51. The first-order valence-corrected chi connectivity index (χ1v) is 12.2. The molecule has 8 nitrogen and oxygen atoms in total. The van der Waals surface area contributed by atoms with Gasteiger partial charge in [-0.15, -0.1) is 0 Å². The molecule has 2 aromatic heterocycles. The summed E-state index contributed by atoms with van der Waals surface area (Å²) in [6, 6.07) is 4.59. The fourth-order valence-electron chi connectivity index (χ4n) is 5.71. The number of nitrogens with one attached hydrogen (secondary N) is 1. The third kappa shape index (κ3) is 3.75. The summed E-state index contributed by atoms with van der Waals surface area (Å²) in [6.07, 6.45) is 2.25. The lowest BCUT2D eigenvalue weighted by Crippen LogP contribution is -2.39. The van der Waals surface area contributed by atoms with E-state index in [9.17, 15) is 24.2 Å². The minimum Gasteiger partial charge on any atom is -0.389 e. The molecule has 4 fully saturated rings. The first-order chi connectivity index (χ1) is 17.2. The molecule has 4 aliphatic rings. The van der Waals surface area contributed by atoms with E-state index in [2.05, 4.69) is 10.3 Å². The van der Waals surface area contributed by atoms with E-state index in [1.165, 1.54) is 22.9 Å². The largest absolute Gasteiger partial charge is 0.389 e. The van der Waals surface area contributed by atoms with Gasteiger partial charge in [0.15, 0.2) is 11.5 Å². The summed E-state index contributed by atoms with van der Waals surface area (Å²) in [5, 5.41) is 22.6. The van der Waals surface area contributed by atoms with Gasteiger partial charge in [0.2, 0.25) is 5.43 Å². The van der Waals surface area contributed by atoms with Crippen LogP contribution in [0.15, 0.2) is 35.3 Å². The van der Waals surface area contributed by atoms with Gasteiger partial charge >= 0.3 is 0 Å². The SMILES string of the molecule is O=C(NC1CC2CC1C2)c1cn(-c2c(F)cc(F)cc2Cl)c2nc(N3C[C@@H](O)[C@H](O)C3)ccc2c1=O. The third-order valence-corrected chi connectivity index (χ3v) is 7.92. The van der Waals surface area contributed by atoms with Crippen molar-refractivity contribution in [3.63, 3.8) is 0 Å². The molecule has 188 valence electrons. The molecule has 1 saturated heterocycles. The maximum Gasteiger partial charge on any atom is 0.257 e. The van der Waals surface area contributed by atoms with E-state index in [1.807, 2.05) is 0 Å². The highest BCUT2D eigenvalue weighted by molar-refractivity contribution is 6.32. The molecule has 1 unspecified atom stereocenters. The lowest BCUT2D eigenvalue weighted by atomic mass is 9.84. The Hall–Kier alpha value is -3.08. The highest BCUT2D eigenvalue weighted by Crippen LogP contribution is 2.48. The van der Waals surface area contributed by atoms with Crippen LogP contribution in [0.25, 0.3) is 16.7 Å². The van der Waals surface area contributed by atoms with Crippen LogP contribution >= 0.6 is 11.6 Å². The van der Waals surface area contributed by atoms with Crippen LogP contribution in [0.2, 0.25) is 5.02 Å². The standard InChI is InChI=1S/C25H23ClF2N4O4/c26-16-6-13(27)7-17(28)22(16)32-8-15(25(36)29-18-5-11-3-12(18)4-11)23(35)14-1-2-21(30-24(14)32)31-9-19(33)20(34)10-31/h1-2,6-8,11-12,18-20,33-34H,3-5,9-10H2,(H,29,36)/t11?,12?,18?,19-,20-/m1/s1. The topological polar surface area (TPSA) is 108 Å². The number of carbonyl (C=O) groups is 1. The Morgan fingerprint density at radius 1 is 1.11 bits per heavy atom. The van der Waals surface area contributed by atoms with Gasteiger partial charge in [0.1, 0.15) is 22.9 Å². The van der Waals surface area contributed by atoms with Crippen molar-refractivity contribution in [1.29, 1.82) is 0 Å². The van der Waals surface area contributed by atoms with Crippen LogP contribution < -0.4 is 15.6 Å². The zero-order chi connectivity index (χ0) is 25.3. The molecule has 1 amide bonds. The average Bonchev–Trinajstić information content (AvgIpc) is 3.48. The molecule has 3 aromatic rings. The number of benzene rings is 1. The molecule has 7 rings (SSSR count). The van der Waals surface area contributed by atoms with E-state index in [0.717, 1.165) is 25.3 Å². The summed E-state index contributed by atoms with van der Waals surface area (Å²) in [4.78, 5) is 32.7. The average molecular weight is 517 g/mol. The number of aliphatic hydroxyl groups excluding tert-OH is 2. The number of hydrogen-bond acceptors (Lipinski definition) is 6. The number of aromatic nitrogens is 2. The fraction of sp³-hybridized carbons (Fsp3) is 0.400. The molecule has 3 heterocycles. The van der Waals surface area contributed by atoms with Crippen LogP contribution in [-0.2, 0) is 0 Å². The molecule has 3 N–H and O–H groups in total. The third-order valence-electron chi connectivity index (χ3n) is 7.63. The summed E-state index contributed by atoms with van der Waals surface area (Å²) in [7, 11) is 0. The predicted molar refractivity (Wildman–Crippen MR) is 129 cm³/mol. The molecule has 36 heavy (non-hydrogen) atoms. The number of rotatable bonds is 4. The summed E-state index contributed by atoms with van der Waals surface area (Å²) < 4.78 is 30.0. The molecule has 11 heteroatoms. The normalized spacial score (nSPS) is 26.9. The summed E-state index contributed by atoms with van der Waals surface area (Å²) in [5.41, 5.74) is -1.04. The van der Waals surface area contributed by atoms with Crippen molar-refractivity contribution in [3.8, 4) is 5.69 Å². The molecule has 3 aliphatic carbocycles. The number of aliphatic hydroxyl groups is 2. The molecule has 1 aromatic carbocycles. The number of carbonyl (C=O) groups excluding carboxylic acids is 1. The Morgan fingerprint density at radius 2 is 1.83 bits per heavy atom. The molecule has 0 spiro atoms. The van der Waals surface area contributed by atoms with Gasteiger partial charge < -0.3 is 20.4 Å². The van der Waals surface area contributed by atoms with Crippen LogP contribution in [0, 0.1) is 23.5 Å². The number of nitrogens with zero attached hydrogens (tertiary/aromatic N) is 3. The Labute approximate surface area is 209 Å². The molecule has 0 radical (unpaired) electrons. The zero-order valence-corrected chi connectivity index (χ0v) is 19.8. The summed E-state index contributed by atoms with van der Waals surface area (Å²) >= 11 is 6.22. The quantitative estimate of drug-likeness (QED) is 0.491. The van der Waals surface area contributed by atoms with Crippen molar-refractivity contribution in [2.75, 3.05) is 18.0 Å². The van der Waals surface area contributed by atoms with Gasteiger partial charge in [0, 0.05) is 31.4 Å². The second-order valence-corrected chi connectivity index (χ2v) is 10.4. The van der Waals surface area contributed by atoms with Crippen molar-refractivity contribution in [2.45, 2.75) is 37.5 Å². The molecular formula is C25H23ClF2N4O4. The van der Waals surface area contributed by atoms with Crippen LogP contribution in [0.5, 0.6) is 0 Å². The highest BCUT2D eigenvalue weighted by Gasteiger charge is 2.45. The minimum atomic E-state index is -0.993. The molecule has 2 bridgehead atoms. The van der Waals surface area contributed by atoms with E-state index in [1.54, 1.807) is 4.90 Å². The predicted octanol–water partition coefficient (Wildman–Crippen LogP) is 2.39. The molecule has 3 atom stereocenters. The number of pyridine rings is 2. The molecule has 1 aliphatic heterocycles. The summed E-state index contributed by atoms with van der Waals surface area (Å²) in [5.74, 6) is -1.10. The van der Waals surface area contributed by atoms with E-state index in [-0.39, 0.29) is 46.4 Å². The van der Waals surface area contributed by atoms with Gasteiger partial charge in [-0.05, 0) is 49.3 Å². The highest BCUT2D eigenvalue weighted by atomic mass is 35.5. The Balaban J connectivity index is 1.51. The van der Waals surface area contributed by atoms with Gasteiger partial charge in [-0.3, -0.25) is 14.2 Å². The zero-order valence-electron chi connectivity index (χ0n) is 19.0. The smallest absolute Gasteiger partial charge is 0.257 e. The van der Waals surface area contributed by atoms with Crippen molar-refractivity contribution in [3.05, 3.63) is 62.9 Å². The van der Waals surface area contributed by atoms with E-state index >= 15 is 4.39 Å². The first kappa shape index (κ1) is 23.3. The molecular weight excluding hydrogens is 494 g/mol. The lowest BCUT2D eigenvalue weighted by molar-refractivity contribution is 0.0572. The van der Waals surface area contributed by atoms with Gasteiger partial charge in [0.05, 0.1) is 22.6 Å². The number of halogens is 3. The van der Waals surface area contributed by atoms with Crippen molar-refractivity contribution in [1.82, 2.24) is 14.9 Å². The number of hydrogen-bond donors (Lipinski definition) is 3. The number of β-amino-alcohol motifs (C(OH)–C–C–N with tert-alkyl or cyclic N) is 2. The van der Waals surface area contributed by atoms with Gasteiger partial charge in [-0.25, -0.2) is 13.8 Å². The van der Waals surface area contributed by atoms with E-state index < -0.39 is 35.2 Å². The maximum atomic E-state index is 15.0. The minimum absolute atomic E-state index is 0.000427. The van der Waals surface area contributed by atoms with Gasteiger partial charge in [-0.1, -0.05) is 11.6 Å². The molecule has 3 saturated carbocycles. The first-order valence-electron chi connectivity index (χ1n) is 11.8. The summed E-state index contributed by atoms with van der Waals surface area (Å²) in [6.45, 7) is 0.221. The Bertz CT molecular complexity index is 1420. The van der Waals surface area contributed by atoms with Gasteiger partial charge in [-0.2, -0.15) is 0 Å². The number of anilines is 1. The van der Waals surface area contributed by atoms with Crippen LogP contribution in [-0.4, -0.2) is 57.0 Å². The van der Waals surface area contributed by atoms with Gasteiger partial charge in [0.25, 0.3) is 5.91 Å². The maximum absolute atomic E-state index is 15.0. The van der Waals surface area contributed by atoms with E-state index in [4.69, 9.17) is 11.6 Å². The van der Waals surface area contributed by atoms with Crippen LogP contribution in [0.3, 0.4) is 0 Å². The second-order valence-electron chi connectivity index (χ2n) is 9.95. The number of amides is 1. The van der Waals surface area contributed by atoms with Crippen molar-refractivity contribution in [2.24, 2.45) is 11.8 Å². The monoisotopic (exact) mass is 516 g/mol. The Morgan fingerprint density at radius 3 is 2.47 bits per heavy atom. The van der Waals surface area contributed by atoms with Crippen molar-refractivity contribution >= 4 is 34.4 Å².